The summed E-state index contributed by atoms with van der Waals surface area (Å²) in [6, 6.07) is 0. The van der Waals surface area contributed by atoms with Gasteiger partial charge < -0.3 is 10.6 Å². The maximum absolute atomic E-state index is 12.4. The van der Waals surface area contributed by atoms with Crippen molar-refractivity contribution in [3.63, 3.8) is 0 Å². The molecule has 1 amide bonds. The molecule has 0 heterocycles. The normalized spacial score (nSPS) is 12.5. The van der Waals surface area contributed by atoms with Crippen LogP contribution in [0.4, 0.5) is 0 Å². The zero-order valence-electron chi connectivity index (χ0n) is 12.2. The van der Waals surface area contributed by atoms with Crippen molar-refractivity contribution in [3.05, 3.63) is 0 Å². The molecular weight excluding hydrogens is 244 g/mol. The number of amides is 1. The minimum Gasteiger partial charge on any atom is -0.393 e. The molecule has 0 bridgehead atoms. The molecule has 0 aliphatic heterocycles. The molecule has 0 saturated heterocycles. The third-order valence-corrected chi connectivity index (χ3v) is 3.83. The van der Waals surface area contributed by atoms with E-state index in [9.17, 15) is 4.79 Å². The van der Waals surface area contributed by atoms with Crippen molar-refractivity contribution in [2.24, 2.45) is 17.6 Å². The van der Waals surface area contributed by atoms with Crippen molar-refractivity contribution < 1.29 is 4.79 Å². The Morgan fingerprint density at radius 1 is 1.22 bits per heavy atom. The summed E-state index contributed by atoms with van der Waals surface area (Å²) < 4.78 is 0. The average molecular weight is 272 g/mol. The predicted octanol–water partition coefficient (Wildman–Crippen LogP) is 2.97. The molecule has 2 N–H and O–H groups in total. The summed E-state index contributed by atoms with van der Waals surface area (Å²) in [5, 5.41) is 0. The van der Waals surface area contributed by atoms with E-state index in [1.165, 1.54) is 0 Å². The summed E-state index contributed by atoms with van der Waals surface area (Å²) in [6.45, 7) is 9.97. The topological polar surface area (TPSA) is 46.3 Å². The van der Waals surface area contributed by atoms with Gasteiger partial charge in [-0.3, -0.25) is 4.79 Å². The van der Waals surface area contributed by atoms with Crippen LogP contribution in [0.25, 0.3) is 0 Å². The number of carbonyl (C=O) groups is 1. The molecule has 0 rings (SSSR count). The lowest BCUT2D eigenvalue weighted by Gasteiger charge is -2.29. The van der Waals surface area contributed by atoms with Gasteiger partial charge in [-0.1, -0.05) is 52.3 Å². The van der Waals surface area contributed by atoms with E-state index >= 15 is 0 Å². The zero-order valence-corrected chi connectivity index (χ0v) is 13.1. The van der Waals surface area contributed by atoms with E-state index < -0.39 is 0 Å². The zero-order chi connectivity index (χ0) is 14.1. The van der Waals surface area contributed by atoms with Gasteiger partial charge in [0.1, 0.15) is 0 Å². The fourth-order valence-electron chi connectivity index (χ4n) is 2.13. The molecule has 0 aromatic rings. The lowest BCUT2D eigenvalue weighted by Crippen LogP contribution is -2.43. The van der Waals surface area contributed by atoms with E-state index in [0.29, 0.717) is 10.9 Å². The van der Waals surface area contributed by atoms with E-state index in [4.69, 9.17) is 18.0 Å². The summed E-state index contributed by atoms with van der Waals surface area (Å²) in [5.74, 6) is 0.403. The van der Waals surface area contributed by atoms with Crippen molar-refractivity contribution >= 4 is 23.1 Å². The molecule has 0 spiro atoms. The highest BCUT2D eigenvalue weighted by molar-refractivity contribution is 7.80. The first-order valence-electron chi connectivity index (χ1n) is 7.09. The van der Waals surface area contributed by atoms with E-state index in [2.05, 4.69) is 20.8 Å². The second-order valence-corrected chi connectivity index (χ2v) is 5.27. The molecule has 18 heavy (non-hydrogen) atoms. The average Bonchev–Trinajstić information content (AvgIpc) is 2.36. The van der Waals surface area contributed by atoms with Crippen molar-refractivity contribution in [1.82, 2.24) is 4.90 Å². The van der Waals surface area contributed by atoms with Gasteiger partial charge in [0, 0.05) is 13.1 Å². The quantitative estimate of drug-likeness (QED) is 0.656. The minimum atomic E-state index is -0.278. The number of hydrogen-bond donors (Lipinski definition) is 1. The van der Waals surface area contributed by atoms with Gasteiger partial charge in [0.05, 0.1) is 10.9 Å². The molecule has 4 heteroatoms. The van der Waals surface area contributed by atoms with Crippen molar-refractivity contribution in [2.75, 3.05) is 13.1 Å². The largest absolute Gasteiger partial charge is 0.393 e. The van der Waals surface area contributed by atoms with Crippen LogP contribution in [0.1, 0.15) is 53.4 Å². The molecule has 1 unspecified atom stereocenters. The van der Waals surface area contributed by atoms with Crippen molar-refractivity contribution in [3.8, 4) is 0 Å². The molecule has 0 aromatic carbocycles. The smallest absolute Gasteiger partial charge is 0.232 e. The van der Waals surface area contributed by atoms with Gasteiger partial charge in [0.2, 0.25) is 5.91 Å². The number of carbonyl (C=O) groups excluding carboxylic acids is 1. The van der Waals surface area contributed by atoms with Crippen LogP contribution in [0, 0.1) is 11.8 Å². The Morgan fingerprint density at radius 2 is 1.78 bits per heavy atom. The number of nitrogens with zero attached hydrogens (tertiary/aromatic N) is 1. The van der Waals surface area contributed by atoms with Crippen LogP contribution in [0.2, 0.25) is 0 Å². The predicted molar refractivity (Wildman–Crippen MR) is 81.5 cm³/mol. The number of nitrogens with two attached hydrogens (primary N) is 1. The van der Waals surface area contributed by atoms with Crippen LogP contribution in [0.15, 0.2) is 0 Å². The van der Waals surface area contributed by atoms with Gasteiger partial charge in [-0.15, -0.1) is 0 Å². The second kappa shape index (κ2) is 9.31. The summed E-state index contributed by atoms with van der Waals surface area (Å²) in [7, 11) is 0. The molecule has 0 radical (unpaired) electrons. The summed E-state index contributed by atoms with van der Waals surface area (Å²) >= 11 is 5.03. The first kappa shape index (κ1) is 17.4. The van der Waals surface area contributed by atoms with Crippen LogP contribution < -0.4 is 5.73 Å². The Kier molecular flexibility index (Phi) is 8.98. The number of thiocarbonyl (C=S) groups is 1. The Morgan fingerprint density at radius 3 is 2.11 bits per heavy atom. The molecular formula is C14H28N2OS. The third kappa shape index (κ3) is 5.34. The van der Waals surface area contributed by atoms with E-state index in [0.717, 1.165) is 38.8 Å². The van der Waals surface area contributed by atoms with Gasteiger partial charge in [-0.2, -0.15) is 0 Å². The number of hydrogen-bond acceptors (Lipinski definition) is 2. The first-order chi connectivity index (χ1) is 8.51. The minimum absolute atomic E-state index is 0.110. The van der Waals surface area contributed by atoms with E-state index in [-0.39, 0.29) is 11.8 Å². The summed E-state index contributed by atoms with van der Waals surface area (Å²) in [6.07, 6.45) is 3.89. The Hall–Kier alpha value is -0.640. The molecule has 1 atom stereocenters. The molecule has 106 valence electrons. The van der Waals surface area contributed by atoms with Gasteiger partial charge >= 0.3 is 0 Å². The highest BCUT2D eigenvalue weighted by Gasteiger charge is 2.26. The highest BCUT2D eigenvalue weighted by Crippen LogP contribution is 2.15. The summed E-state index contributed by atoms with van der Waals surface area (Å²) in [5.41, 5.74) is 5.70. The Balaban J connectivity index is 4.70. The molecule has 0 aromatic heterocycles. The van der Waals surface area contributed by atoms with Crippen molar-refractivity contribution in [1.29, 1.82) is 0 Å². The van der Waals surface area contributed by atoms with E-state index in [1.54, 1.807) is 0 Å². The fraction of sp³-hybridized carbons (Fsp3) is 0.857. The fourth-order valence-corrected chi connectivity index (χ4v) is 2.35. The lowest BCUT2D eigenvalue weighted by molar-refractivity contribution is -0.134. The van der Waals surface area contributed by atoms with Gasteiger partial charge in [0.25, 0.3) is 0 Å². The lowest BCUT2D eigenvalue weighted by atomic mass is 9.99. The van der Waals surface area contributed by atoms with Crippen LogP contribution in [-0.4, -0.2) is 28.9 Å². The summed E-state index contributed by atoms with van der Waals surface area (Å²) in [4.78, 5) is 14.7. The molecule has 0 aliphatic carbocycles. The van der Waals surface area contributed by atoms with Gasteiger partial charge in [-0.05, 0) is 19.3 Å². The SMILES string of the molecule is CCCC(C(=O)N(CC)CC(CC)CC)C(N)=S. The Bertz CT molecular complexity index is 265. The molecule has 0 saturated carbocycles. The van der Waals surface area contributed by atoms with Crippen LogP contribution in [0.3, 0.4) is 0 Å². The van der Waals surface area contributed by atoms with E-state index in [1.807, 2.05) is 11.8 Å². The van der Waals surface area contributed by atoms with Crippen molar-refractivity contribution in [2.45, 2.75) is 53.4 Å². The molecule has 0 aliphatic rings. The van der Waals surface area contributed by atoms with Crippen LogP contribution >= 0.6 is 12.2 Å². The van der Waals surface area contributed by atoms with Crippen LogP contribution in [0.5, 0.6) is 0 Å². The third-order valence-electron chi connectivity index (χ3n) is 3.55. The maximum Gasteiger partial charge on any atom is 0.232 e. The monoisotopic (exact) mass is 272 g/mol. The van der Waals surface area contributed by atoms with Gasteiger partial charge in [0.15, 0.2) is 0 Å². The number of rotatable bonds is 9. The molecule has 0 fully saturated rings. The maximum atomic E-state index is 12.4. The molecule has 3 nitrogen and oxygen atoms in total. The highest BCUT2D eigenvalue weighted by atomic mass is 32.1. The first-order valence-corrected chi connectivity index (χ1v) is 7.50. The van der Waals surface area contributed by atoms with Gasteiger partial charge in [-0.25, -0.2) is 0 Å². The second-order valence-electron chi connectivity index (χ2n) is 4.80. The van der Waals surface area contributed by atoms with Crippen LogP contribution in [-0.2, 0) is 4.79 Å². The standard InChI is InChI=1S/C14H28N2OS/c1-5-9-12(13(15)18)14(17)16(8-4)10-11(6-2)7-3/h11-12H,5-10H2,1-4H3,(H2,15,18). The Labute approximate surface area is 117 Å².